The molecule has 22 heavy (non-hydrogen) atoms. The van der Waals surface area contributed by atoms with E-state index in [1.54, 1.807) is 0 Å². The number of rotatable bonds is 11. The van der Waals surface area contributed by atoms with Crippen LogP contribution in [0, 0.1) is 5.92 Å². The monoisotopic (exact) mass is 336 g/mol. The number of aliphatic carboxylic acids is 3. The Labute approximate surface area is 131 Å². The summed E-state index contributed by atoms with van der Waals surface area (Å²) in [6.07, 6.45) is -0.301. The summed E-state index contributed by atoms with van der Waals surface area (Å²) in [7, 11) is 0. The number of amides is 1. The fraction of sp³-hybridized carbons (Fsp3) is 0.667. The van der Waals surface area contributed by atoms with E-state index in [1.807, 2.05) is 0 Å². The smallest absolute Gasteiger partial charge is 0.327 e. The lowest BCUT2D eigenvalue weighted by Gasteiger charge is -2.15. The first-order chi connectivity index (χ1) is 10.1. The molecule has 0 saturated carbocycles. The number of nitrogens with two attached hydrogens (primary N) is 1. The van der Waals surface area contributed by atoms with Crippen LogP contribution in [0.2, 0.25) is 0 Å². The van der Waals surface area contributed by atoms with Crippen LogP contribution in [0.4, 0.5) is 0 Å². The summed E-state index contributed by atoms with van der Waals surface area (Å²) in [6.45, 7) is 1.50. The highest BCUT2D eigenvalue weighted by Gasteiger charge is 2.22. The minimum atomic E-state index is -1.24. The zero-order valence-corrected chi connectivity index (χ0v) is 12.8. The van der Waals surface area contributed by atoms with Crippen LogP contribution in [0.1, 0.15) is 19.8 Å². The molecule has 1 amide bonds. The molecule has 0 aromatic rings. The fourth-order valence-electron chi connectivity index (χ4n) is 1.29. The van der Waals surface area contributed by atoms with Crippen molar-refractivity contribution in [2.75, 3.05) is 11.5 Å². The van der Waals surface area contributed by atoms with Gasteiger partial charge in [0.1, 0.15) is 12.1 Å². The second-order valence-electron chi connectivity index (χ2n) is 4.72. The highest BCUT2D eigenvalue weighted by atomic mass is 32.2. The van der Waals surface area contributed by atoms with E-state index in [0.29, 0.717) is 0 Å². The molecule has 0 fully saturated rings. The van der Waals surface area contributed by atoms with Crippen molar-refractivity contribution in [1.82, 2.24) is 5.32 Å². The molecule has 0 saturated heterocycles. The van der Waals surface area contributed by atoms with Crippen LogP contribution >= 0.6 is 11.8 Å². The number of hydrogen-bond donors (Lipinski definition) is 5. The lowest BCUT2D eigenvalue weighted by atomic mass is 10.1. The molecule has 0 spiro atoms. The van der Waals surface area contributed by atoms with Gasteiger partial charge in [0, 0.05) is 17.9 Å². The molecule has 0 aromatic heterocycles. The molecular weight excluding hydrogens is 316 g/mol. The van der Waals surface area contributed by atoms with Crippen molar-refractivity contribution in [2.24, 2.45) is 11.7 Å². The van der Waals surface area contributed by atoms with Gasteiger partial charge in [-0.3, -0.25) is 14.4 Å². The molecule has 3 unspecified atom stereocenters. The highest BCUT2D eigenvalue weighted by Crippen LogP contribution is 2.10. The van der Waals surface area contributed by atoms with Gasteiger partial charge in [0.15, 0.2) is 0 Å². The summed E-state index contributed by atoms with van der Waals surface area (Å²) >= 11 is 1.10. The Kier molecular flexibility index (Phi) is 9.18. The maximum Gasteiger partial charge on any atom is 0.327 e. The molecule has 0 radical (unpaired) electrons. The summed E-state index contributed by atoms with van der Waals surface area (Å²) in [6, 6.07) is -2.35. The first-order valence-electron chi connectivity index (χ1n) is 6.46. The van der Waals surface area contributed by atoms with Crippen molar-refractivity contribution in [3.63, 3.8) is 0 Å². The molecule has 0 bridgehead atoms. The van der Waals surface area contributed by atoms with Crippen LogP contribution in [-0.4, -0.2) is 62.7 Å². The summed E-state index contributed by atoms with van der Waals surface area (Å²) < 4.78 is 0. The molecule has 0 aliphatic carbocycles. The summed E-state index contributed by atoms with van der Waals surface area (Å²) in [5.41, 5.74) is 5.24. The zero-order valence-electron chi connectivity index (χ0n) is 12.0. The molecule has 10 heteroatoms. The highest BCUT2D eigenvalue weighted by molar-refractivity contribution is 7.99. The van der Waals surface area contributed by atoms with Crippen molar-refractivity contribution in [2.45, 2.75) is 31.8 Å². The Morgan fingerprint density at radius 2 is 1.64 bits per heavy atom. The maximum absolute atomic E-state index is 11.6. The largest absolute Gasteiger partial charge is 0.481 e. The van der Waals surface area contributed by atoms with Crippen molar-refractivity contribution in [3.05, 3.63) is 0 Å². The van der Waals surface area contributed by atoms with Gasteiger partial charge in [-0.15, -0.1) is 0 Å². The van der Waals surface area contributed by atoms with E-state index >= 15 is 0 Å². The first kappa shape index (κ1) is 20.2. The third-order valence-electron chi connectivity index (χ3n) is 2.71. The van der Waals surface area contributed by atoms with Crippen LogP contribution in [0.15, 0.2) is 0 Å². The van der Waals surface area contributed by atoms with Crippen LogP contribution in [0.5, 0.6) is 0 Å². The minimum Gasteiger partial charge on any atom is -0.481 e. The molecular formula is C12H20N2O7S. The van der Waals surface area contributed by atoms with Gasteiger partial charge in [-0.2, -0.15) is 11.8 Å². The molecule has 0 aliphatic heterocycles. The number of carbonyl (C=O) groups excluding carboxylic acids is 1. The van der Waals surface area contributed by atoms with Crippen molar-refractivity contribution in [1.29, 1.82) is 0 Å². The number of nitrogens with one attached hydrogen (secondary N) is 1. The zero-order chi connectivity index (χ0) is 17.3. The standard InChI is InChI=1S/C12H20N2O7S/c1-6(10(16)17)4-22-5-8(12(20)21)14-9(15)3-2-7(13)11(18)19/h6-8H,2-5,13H2,1H3,(H,14,15)(H,16,17)(H,18,19)(H,20,21). The minimum absolute atomic E-state index is 0.0175. The summed E-state index contributed by atoms with van der Waals surface area (Å²) in [5, 5.41) is 28.5. The molecule has 0 heterocycles. The maximum atomic E-state index is 11.6. The van der Waals surface area contributed by atoms with Gasteiger partial charge in [-0.1, -0.05) is 6.92 Å². The number of hydrogen-bond acceptors (Lipinski definition) is 6. The molecule has 9 nitrogen and oxygen atoms in total. The van der Waals surface area contributed by atoms with E-state index in [4.69, 9.17) is 21.1 Å². The normalized spacial score (nSPS) is 14.6. The quantitative estimate of drug-likeness (QED) is 0.324. The van der Waals surface area contributed by atoms with E-state index in [2.05, 4.69) is 5.32 Å². The SMILES string of the molecule is CC(CSCC(NC(=O)CCC(N)C(=O)O)C(=O)O)C(=O)O. The molecule has 3 atom stereocenters. The van der Waals surface area contributed by atoms with Crippen LogP contribution in [0.25, 0.3) is 0 Å². The Balaban J connectivity index is 4.23. The Morgan fingerprint density at radius 3 is 2.09 bits per heavy atom. The Bertz CT molecular complexity index is 430. The Hall–Kier alpha value is -1.81. The summed E-state index contributed by atoms with van der Waals surface area (Å²) in [4.78, 5) is 43.7. The van der Waals surface area contributed by atoms with Gasteiger partial charge in [0.25, 0.3) is 0 Å². The van der Waals surface area contributed by atoms with E-state index in [0.717, 1.165) is 11.8 Å². The van der Waals surface area contributed by atoms with Gasteiger partial charge in [-0.05, 0) is 6.42 Å². The predicted molar refractivity (Wildman–Crippen MR) is 78.5 cm³/mol. The molecule has 126 valence electrons. The molecule has 0 aliphatic rings. The van der Waals surface area contributed by atoms with E-state index in [1.165, 1.54) is 6.92 Å². The number of carbonyl (C=O) groups is 4. The number of carboxylic acids is 3. The van der Waals surface area contributed by atoms with Gasteiger partial charge in [0.05, 0.1) is 5.92 Å². The average molecular weight is 336 g/mol. The average Bonchev–Trinajstić information content (AvgIpc) is 2.42. The lowest BCUT2D eigenvalue weighted by Crippen LogP contribution is -2.43. The number of thioether (sulfide) groups is 1. The third kappa shape index (κ3) is 8.47. The molecule has 0 rings (SSSR count). The van der Waals surface area contributed by atoms with Crippen molar-refractivity contribution < 1.29 is 34.5 Å². The second-order valence-corrected chi connectivity index (χ2v) is 5.79. The topological polar surface area (TPSA) is 167 Å². The molecule has 0 aromatic carbocycles. The van der Waals surface area contributed by atoms with E-state index < -0.39 is 41.8 Å². The van der Waals surface area contributed by atoms with Crippen LogP contribution in [-0.2, 0) is 19.2 Å². The first-order valence-corrected chi connectivity index (χ1v) is 7.61. The second kappa shape index (κ2) is 10.0. The van der Waals surface area contributed by atoms with E-state index in [-0.39, 0.29) is 24.3 Å². The van der Waals surface area contributed by atoms with Crippen LogP contribution in [0.3, 0.4) is 0 Å². The van der Waals surface area contributed by atoms with Crippen molar-refractivity contribution >= 4 is 35.6 Å². The lowest BCUT2D eigenvalue weighted by molar-refractivity contribution is -0.141. The van der Waals surface area contributed by atoms with Gasteiger partial charge in [0.2, 0.25) is 5.91 Å². The van der Waals surface area contributed by atoms with Crippen molar-refractivity contribution in [3.8, 4) is 0 Å². The molecule has 6 N–H and O–H groups in total. The number of carboxylic acid groups (broad SMARTS) is 3. The van der Waals surface area contributed by atoms with Gasteiger partial charge >= 0.3 is 17.9 Å². The third-order valence-corrected chi connectivity index (χ3v) is 4.01. The van der Waals surface area contributed by atoms with Crippen LogP contribution < -0.4 is 11.1 Å². The Morgan fingerprint density at radius 1 is 1.05 bits per heavy atom. The fourth-order valence-corrected chi connectivity index (χ4v) is 2.38. The summed E-state index contributed by atoms with van der Waals surface area (Å²) in [5.74, 6) is -4.46. The van der Waals surface area contributed by atoms with Gasteiger partial charge < -0.3 is 26.4 Å². The van der Waals surface area contributed by atoms with Gasteiger partial charge in [-0.25, -0.2) is 4.79 Å². The van der Waals surface area contributed by atoms with E-state index in [9.17, 15) is 19.2 Å². The predicted octanol–water partition coefficient (Wildman–Crippen LogP) is -0.798.